The molecule has 2 heterocycles. The Balaban J connectivity index is 1.55. The highest BCUT2D eigenvalue weighted by Gasteiger charge is 2.35. The summed E-state index contributed by atoms with van der Waals surface area (Å²) in [7, 11) is 0. The Hall–Kier alpha value is -3.52. The van der Waals surface area contributed by atoms with E-state index >= 15 is 0 Å². The van der Waals surface area contributed by atoms with E-state index in [9.17, 15) is 14.7 Å². The van der Waals surface area contributed by atoms with Crippen LogP contribution in [0.5, 0.6) is 17.2 Å². The summed E-state index contributed by atoms with van der Waals surface area (Å²) in [6, 6.07) is 14.7. The third-order valence-corrected chi connectivity index (χ3v) is 7.35. The van der Waals surface area contributed by atoms with Gasteiger partial charge in [-0.25, -0.2) is 0 Å². The number of carbonyl (C=O) groups excluding carboxylic acids is 2. The van der Waals surface area contributed by atoms with Gasteiger partial charge in [0.1, 0.15) is 11.8 Å². The van der Waals surface area contributed by atoms with Crippen molar-refractivity contribution < 1.29 is 24.2 Å². The molecule has 1 fully saturated rings. The summed E-state index contributed by atoms with van der Waals surface area (Å²) < 4.78 is 11.0. The lowest BCUT2D eigenvalue weighted by Crippen LogP contribution is -2.47. The fourth-order valence-corrected chi connectivity index (χ4v) is 5.42. The molecule has 2 aromatic carbocycles. The molecule has 0 unspecified atom stereocenters. The van der Waals surface area contributed by atoms with Crippen molar-refractivity contribution >= 4 is 28.8 Å². The van der Waals surface area contributed by atoms with Crippen molar-refractivity contribution in [2.75, 3.05) is 11.7 Å². The Kier molecular flexibility index (Phi) is 6.90. The monoisotopic (exact) mass is 492 g/mol. The zero-order valence-corrected chi connectivity index (χ0v) is 20.1. The molecular weight excluding hydrogens is 464 g/mol. The van der Waals surface area contributed by atoms with Gasteiger partial charge in [-0.2, -0.15) is 0 Å². The van der Waals surface area contributed by atoms with Crippen molar-refractivity contribution in [1.82, 2.24) is 5.32 Å². The van der Waals surface area contributed by atoms with E-state index < -0.39 is 6.04 Å². The van der Waals surface area contributed by atoms with E-state index in [1.165, 1.54) is 29.9 Å². The van der Waals surface area contributed by atoms with Crippen LogP contribution in [0.25, 0.3) is 0 Å². The number of fused-ring (bicyclic) bond motifs is 1. The zero-order valence-electron chi connectivity index (χ0n) is 19.3. The first kappa shape index (κ1) is 23.2. The van der Waals surface area contributed by atoms with Crippen molar-refractivity contribution in [3.05, 3.63) is 70.4 Å². The Labute approximate surface area is 208 Å². The number of aromatic hydroxyl groups is 1. The predicted molar refractivity (Wildman–Crippen MR) is 134 cm³/mol. The molecule has 1 aliphatic heterocycles. The SMILES string of the molecule is O=C(NC1CCCCC1)[C@H](c1ccc(O)cc1)N(C(=O)Cc1cccs1)c1ccc2c(c1)OCO2. The minimum atomic E-state index is -0.912. The Morgan fingerprint density at radius 3 is 2.54 bits per heavy atom. The van der Waals surface area contributed by atoms with Crippen LogP contribution in [-0.4, -0.2) is 29.8 Å². The standard InChI is InChI=1S/C27H28N2O5S/c30-21-11-8-18(9-12-21)26(27(32)28-19-5-2-1-3-6-19)29(25(31)16-22-7-4-14-35-22)20-10-13-23-24(15-20)34-17-33-23/h4,7-15,19,26,30H,1-3,5-6,16-17H2,(H,28,32)/t26-/m0/s1. The van der Waals surface area contributed by atoms with E-state index in [-0.39, 0.29) is 36.8 Å². The van der Waals surface area contributed by atoms with Crippen LogP contribution in [0.15, 0.2) is 60.0 Å². The van der Waals surface area contributed by atoms with Crippen LogP contribution in [0, 0.1) is 0 Å². The van der Waals surface area contributed by atoms with Gasteiger partial charge in [0.2, 0.25) is 18.6 Å². The Morgan fingerprint density at radius 1 is 1.03 bits per heavy atom. The third-order valence-electron chi connectivity index (χ3n) is 6.48. The molecule has 2 aliphatic rings. The van der Waals surface area contributed by atoms with Crippen molar-refractivity contribution in [3.8, 4) is 17.2 Å². The molecule has 7 nitrogen and oxygen atoms in total. The highest BCUT2D eigenvalue weighted by Crippen LogP contribution is 2.39. The normalized spacial score (nSPS) is 16.0. The smallest absolute Gasteiger partial charge is 0.248 e. The molecule has 1 aromatic heterocycles. The predicted octanol–water partition coefficient (Wildman–Crippen LogP) is 4.95. The molecule has 5 rings (SSSR count). The lowest BCUT2D eigenvalue weighted by atomic mass is 9.94. The summed E-state index contributed by atoms with van der Waals surface area (Å²) in [4.78, 5) is 30.1. The van der Waals surface area contributed by atoms with Crippen LogP contribution in [-0.2, 0) is 16.0 Å². The number of phenolic OH excluding ortho intramolecular Hbond substituents is 1. The highest BCUT2D eigenvalue weighted by atomic mass is 32.1. The number of anilines is 1. The van der Waals surface area contributed by atoms with Crippen LogP contribution in [0.3, 0.4) is 0 Å². The molecule has 1 saturated carbocycles. The number of nitrogens with one attached hydrogen (secondary N) is 1. The van der Waals surface area contributed by atoms with Gasteiger partial charge in [-0.1, -0.05) is 37.5 Å². The number of thiophene rings is 1. The molecular formula is C27H28N2O5S. The summed E-state index contributed by atoms with van der Waals surface area (Å²) in [5, 5.41) is 15.0. The van der Waals surface area contributed by atoms with Crippen molar-refractivity contribution in [3.63, 3.8) is 0 Å². The topological polar surface area (TPSA) is 88.1 Å². The van der Waals surface area contributed by atoms with Gasteiger partial charge in [-0.15, -0.1) is 11.3 Å². The van der Waals surface area contributed by atoms with Gasteiger partial charge in [0, 0.05) is 22.7 Å². The number of rotatable bonds is 7. The molecule has 0 radical (unpaired) electrons. The minimum Gasteiger partial charge on any atom is -0.508 e. The maximum atomic E-state index is 13.8. The van der Waals surface area contributed by atoms with Crippen LogP contribution >= 0.6 is 11.3 Å². The van der Waals surface area contributed by atoms with Crippen molar-refractivity contribution in [2.45, 2.75) is 50.6 Å². The molecule has 2 N–H and O–H groups in total. The molecule has 2 amide bonds. The summed E-state index contributed by atoms with van der Waals surface area (Å²) in [5.74, 6) is 0.795. The number of carbonyl (C=O) groups is 2. The van der Waals surface area contributed by atoms with Crippen LogP contribution in [0.1, 0.15) is 48.6 Å². The number of hydrogen-bond acceptors (Lipinski definition) is 6. The second kappa shape index (κ2) is 10.4. The third kappa shape index (κ3) is 5.27. The van der Waals surface area contributed by atoms with Gasteiger partial charge in [-0.05, 0) is 54.1 Å². The van der Waals surface area contributed by atoms with Crippen molar-refractivity contribution in [2.24, 2.45) is 0 Å². The molecule has 1 atom stereocenters. The van der Waals surface area contributed by atoms with Gasteiger partial charge in [-0.3, -0.25) is 14.5 Å². The van der Waals surface area contributed by atoms with Gasteiger partial charge < -0.3 is 19.9 Å². The highest BCUT2D eigenvalue weighted by molar-refractivity contribution is 7.10. The maximum Gasteiger partial charge on any atom is 0.248 e. The van der Waals surface area contributed by atoms with E-state index in [4.69, 9.17) is 9.47 Å². The van der Waals surface area contributed by atoms with E-state index in [1.807, 2.05) is 17.5 Å². The fraction of sp³-hybridized carbons (Fsp3) is 0.333. The largest absolute Gasteiger partial charge is 0.508 e. The number of ether oxygens (including phenoxy) is 2. The Bertz CT molecular complexity index is 1170. The lowest BCUT2D eigenvalue weighted by Gasteiger charge is -2.33. The zero-order chi connectivity index (χ0) is 24.2. The van der Waals surface area contributed by atoms with E-state index in [1.54, 1.807) is 35.2 Å². The van der Waals surface area contributed by atoms with Gasteiger partial charge in [0.15, 0.2) is 11.5 Å². The van der Waals surface area contributed by atoms with E-state index in [0.717, 1.165) is 30.6 Å². The fourth-order valence-electron chi connectivity index (χ4n) is 4.72. The number of amides is 2. The second-order valence-electron chi connectivity index (χ2n) is 8.90. The van der Waals surface area contributed by atoms with E-state index in [2.05, 4.69) is 5.32 Å². The number of phenols is 1. The second-order valence-corrected chi connectivity index (χ2v) is 9.93. The first-order valence-electron chi connectivity index (χ1n) is 11.9. The molecule has 0 bridgehead atoms. The van der Waals surface area contributed by atoms with E-state index in [0.29, 0.717) is 22.7 Å². The molecule has 0 spiro atoms. The summed E-state index contributed by atoms with van der Waals surface area (Å²) >= 11 is 1.50. The molecule has 3 aromatic rings. The van der Waals surface area contributed by atoms with Crippen molar-refractivity contribution in [1.29, 1.82) is 0 Å². The summed E-state index contributed by atoms with van der Waals surface area (Å²) in [5.41, 5.74) is 1.17. The molecule has 182 valence electrons. The minimum absolute atomic E-state index is 0.0851. The van der Waals surface area contributed by atoms with Gasteiger partial charge in [0.05, 0.1) is 6.42 Å². The molecule has 1 aliphatic carbocycles. The summed E-state index contributed by atoms with van der Waals surface area (Å²) in [6.45, 7) is 0.117. The molecule has 0 saturated heterocycles. The van der Waals surface area contributed by atoms with Crippen LogP contribution in [0.4, 0.5) is 5.69 Å². The quantitative estimate of drug-likeness (QED) is 0.487. The summed E-state index contributed by atoms with van der Waals surface area (Å²) in [6.07, 6.45) is 5.37. The first-order valence-corrected chi connectivity index (χ1v) is 12.8. The van der Waals surface area contributed by atoms with Gasteiger partial charge >= 0.3 is 0 Å². The van der Waals surface area contributed by atoms with Crippen LogP contribution in [0.2, 0.25) is 0 Å². The average Bonchev–Trinajstić information content (AvgIpc) is 3.55. The molecule has 35 heavy (non-hydrogen) atoms. The van der Waals surface area contributed by atoms with Crippen LogP contribution < -0.4 is 19.7 Å². The Morgan fingerprint density at radius 2 is 1.80 bits per heavy atom. The first-order chi connectivity index (χ1) is 17.1. The average molecular weight is 493 g/mol. The number of nitrogens with zero attached hydrogens (tertiary/aromatic N) is 1. The number of benzene rings is 2. The van der Waals surface area contributed by atoms with Gasteiger partial charge in [0.25, 0.3) is 0 Å². The number of hydrogen-bond donors (Lipinski definition) is 2. The lowest BCUT2D eigenvalue weighted by molar-refractivity contribution is -0.127. The maximum absolute atomic E-state index is 13.8. The molecule has 8 heteroatoms.